The Morgan fingerprint density at radius 3 is 2.69 bits per heavy atom. The van der Waals surface area contributed by atoms with Gasteiger partial charge in [0.05, 0.1) is 0 Å². The van der Waals surface area contributed by atoms with E-state index in [1.165, 1.54) is 18.7 Å². The first-order valence-electron chi connectivity index (χ1n) is 7.79. The molecule has 3 rings (SSSR count). The van der Waals surface area contributed by atoms with Crippen LogP contribution < -0.4 is 10.1 Å². The normalized spacial score (nSPS) is 10.5. The highest BCUT2D eigenvalue weighted by atomic mass is 35.5. The first kappa shape index (κ1) is 18.3. The second-order valence-electron chi connectivity index (χ2n) is 5.34. The van der Waals surface area contributed by atoms with Crippen molar-refractivity contribution >= 4 is 35.0 Å². The van der Waals surface area contributed by atoms with E-state index in [1.54, 1.807) is 24.3 Å². The van der Waals surface area contributed by atoms with Crippen LogP contribution in [0.25, 0.3) is 0 Å². The fraction of sp³-hybridized carbons (Fsp3) is 0.167. The van der Waals surface area contributed by atoms with E-state index in [4.69, 9.17) is 20.8 Å². The molecule has 0 aliphatic rings. The lowest BCUT2D eigenvalue weighted by molar-refractivity contribution is -0.114. The number of nitrogens with zero attached hydrogens (tertiary/aromatic N) is 2. The molecule has 3 aromatic rings. The maximum Gasteiger partial charge on any atom is 0.277 e. The van der Waals surface area contributed by atoms with E-state index in [1.807, 2.05) is 24.3 Å². The average molecular weight is 390 g/mol. The molecule has 8 heteroatoms. The molecule has 0 radical (unpaired) electrons. The van der Waals surface area contributed by atoms with Crippen LogP contribution >= 0.6 is 23.4 Å². The molecule has 0 saturated carbocycles. The van der Waals surface area contributed by atoms with Crippen LogP contribution in [0.4, 0.5) is 5.69 Å². The summed E-state index contributed by atoms with van der Waals surface area (Å²) in [7, 11) is 0. The average Bonchev–Trinajstić information content (AvgIpc) is 3.08. The Morgan fingerprint density at radius 1 is 1.19 bits per heavy atom. The summed E-state index contributed by atoms with van der Waals surface area (Å²) < 4.78 is 11.2. The van der Waals surface area contributed by atoms with Gasteiger partial charge in [0, 0.05) is 23.4 Å². The molecule has 0 bridgehead atoms. The highest BCUT2D eigenvalue weighted by Gasteiger charge is 2.09. The number of anilines is 1. The van der Waals surface area contributed by atoms with Crippen molar-refractivity contribution in [2.24, 2.45) is 0 Å². The molecule has 2 aromatic carbocycles. The van der Waals surface area contributed by atoms with Crippen LogP contribution in [0.1, 0.15) is 18.4 Å². The number of rotatable bonds is 7. The van der Waals surface area contributed by atoms with Crippen molar-refractivity contribution in [1.29, 1.82) is 0 Å². The molecule has 0 unspecified atom stereocenters. The molecule has 26 heavy (non-hydrogen) atoms. The van der Waals surface area contributed by atoms with Gasteiger partial charge in [0.15, 0.2) is 6.61 Å². The number of benzene rings is 2. The third kappa shape index (κ3) is 5.24. The van der Waals surface area contributed by atoms with E-state index in [0.29, 0.717) is 33.3 Å². The number of carbonyl (C=O) groups excluding carboxylic acids is 1. The number of thioether (sulfide) groups is 1. The number of carbonyl (C=O) groups is 1. The van der Waals surface area contributed by atoms with Gasteiger partial charge < -0.3 is 14.5 Å². The first-order chi connectivity index (χ1) is 12.6. The zero-order valence-electron chi connectivity index (χ0n) is 13.9. The number of hydrogen-bond acceptors (Lipinski definition) is 6. The van der Waals surface area contributed by atoms with Crippen molar-refractivity contribution in [3.05, 3.63) is 65.0 Å². The minimum Gasteiger partial charge on any atom is -0.484 e. The molecule has 0 saturated heterocycles. The lowest BCUT2D eigenvalue weighted by atomic mass is 10.2. The van der Waals surface area contributed by atoms with Gasteiger partial charge >= 0.3 is 0 Å². The van der Waals surface area contributed by atoms with Crippen LogP contribution in [0.5, 0.6) is 5.75 Å². The summed E-state index contributed by atoms with van der Waals surface area (Å²) in [5.74, 6) is 1.55. The number of hydrogen-bond donors (Lipinski definition) is 1. The summed E-state index contributed by atoms with van der Waals surface area (Å²) >= 11 is 7.55. The lowest BCUT2D eigenvalue weighted by Crippen LogP contribution is -2.05. The molecule has 0 spiro atoms. The van der Waals surface area contributed by atoms with Crippen molar-refractivity contribution in [3.63, 3.8) is 0 Å². The zero-order valence-corrected chi connectivity index (χ0v) is 15.5. The van der Waals surface area contributed by atoms with E-state index in [-0.39, 0.29) is 12.5 Å². The number of nitrogens with one attached hydrogen (secondary N) is 1. The molecule has 1 heterocycles. The van der Waals surface area contributed by atoms with E-state index in [2.05, 4.69) is 15.5 Å². The van der Waals surface area contributed by atoms with E-state index in [0.717, 1.165) is 5.56 Å². The highest BCUT2D eigenvalue weighted by Crippen LogP contribution is 2.26. The van der Waals surface area contributed by atoms with Gasteiger partial charge in [-0.05, 0) is 35.9 Å². The number of ether oxygens (including phenoxy) is 1. The van der Waals surface area contributed by atoms with Gasteiger partial charge in [0.1, 0.15) is 5.75 Å². The van der Waals surface area contributed by atoms with Crippen molar-refractivity contribution in [2.75, 3.05) is 5.32 Å². The van der Waals surface area contributed by atoms with Gasteiger partial charge in [-0.2, -0.15) is 0 Å². The van der Waals surface area contributed by atoms with Gasteiger partial charge in [0.25, 0.3) is 11.1 Å². The highest BCUT2D eigenvalue weighted by molar-refractivity contribution is 7.98. The molecule has 6 nitrogen and oxygen atoms in total. The molecule has 0 fully saturated rings. The molecule has 0 aliphatic heterocycles. The second-order valence-corrected chi connectivity index (χ2v) is 6.67. The third-order valence-corrected chi connectivity index (χ3v) is 4.53. The van der Waals surface area contributed by atoms with Crippen LogP contribution in [0.2, 0.25) is 5.02 Å². The maximum atomic E-state index is 11.0. The van der Waals surface area contributed by atoms with Gasteiger partial charge in [0.2, 0.25) is 5.91 Å². The molecule has 1 N–H and O–H groups in total. The SMILES string of the molecule is CC(=O)Nc1ccc(OCc2nnc(SCc3ccccc3Cl)o2)cc1. The molecular weight excluding hydrogens is 374 g/mol. The fourth-order valence-corrected chi connectivity index (χ4v) is 3.16. The molecule has 1 amide bonds. The predicted molar refractivity (Wildman–Crippen MR) is 100 cm³/mol. The predicted octanol–water partition coefficient (Wildman–Crippen LogP) is 4.55. The largest absolute Gasteiger partial charge is 0.484 e. The summed E-state index contributed by atoms with van der Waals surface area (Å²) in [5.41, 5.74) is 1.72. The first-order valence-corrected chi connectivity index (χ1v) is 9.15. The van der Waals surface area contributed by atoms with Crippen molar-refractivity contribution in [2.45, 2.75) is 24.5 Å². The molecule has 0 atom stereocenters. The summed E-state index contributed by atoms with van der Waals surface area (Å²) in [6.45, 7) is 1.63. The topological polar surface area (TPSA) is 77.2 Å². The summed E-state index contributed by atoms with van der Waals surface area (Å²) in [4.78, 5) is 11.0. The minimum atomic E-state index is -0.119. The standard InChI is InChI=1S/C18H16ClN3O3S/c1-12(23)20-14-6-8-15(9-7-14)24-10-17-21-22-18(25-17)26-11-13-4-2-3-5-16(13)19/h2-9H,10-11H2,1H3,(H,20,23). The quantitative estimate of drug-likeness (QED) is 0.597. The Kier molecular flexibility index (Phi) is 6.14. The van der Waals surface area contributed by atoms with E-state index >= 15 is 0 Å². The van der Waals surface area contributed by atoms with Gasteiger partial charge in [-0.1, -0.05) is 41.6 Å². The van der Waals surface area contributed by atoms with Gasteiger partial charge in [-0.3, -0.25) is 4.79 Å². The van der Waals surface area contributed by atoms with Gasteiger partial charge in [-0.25, -0.2) is 0 Å². The molecule has 0 aliphatic carbocycles. The van der Waals surface area contributed by atoms with Crippen LogP contribution in [-0.2, 0) is 17.2 Å². The minimum absolute atomic E-state index is 0.119. The second kappa shape index (κ2) is 8.73. The van der Waals surface area contributed by atoms with Gasteiger partial charge in [-0.15, -0.1) is 10.2 Å². The van der Waals surface area contributed by atoms with Crippen molar-refractivity contribution in [1.82, 2.24) is 10.2 Å². The summed E-state index contributed by atoms with van der Waals surface area (Å²) in [5, 5.41) is 11.8. The lowest BCUT2D eigenvalue weighted by Gasteiger charge is -2.05. The van der Waals surface area contributed by atoms with Crippen molar-refractivity contribution in [3.8, 4) is 5.75 Å². The Balaban J connectivity index is 1.50. The Hall–Kier alpha value is -2.51. The van der Waals surface area contributed by atoms with E-state index in [9.17, 15) is 4.79 Å². The molecule has 1 aromatic heterocycles. The monoisotopic (exact) mass is 389 g/mol. The van der Waals surface area contributed by atoms with Crippen LogP contribution in [0, 0.1) is 0 Å². The maximum absolute atomic E-state index is 11.0. The van der Waals surface area contributed by atoms with E-state index < -0.39 is 0 Å². The Bertz CT molecular complexity index is 883. The smallest absolute Gasteiger partial charge is 0.277 e. The summed E-state index contributed by atoms with van der Waals surface area (Å²) in [6.07, 6.45) is 0. The van der Waals surface area contributed by atoms with Crippen LogP contribution in [0.3, 0.4) is 0 Å². The Morgan fingerprint density at radius 2 is 1.96 bits per heavy atom. The number of halogens is 1. The zero-order chi connectivity index (χ0) is 18.4. The number of amides is 1. The summed E-state index contributed by atoms with van der Waals surface area (Å²) in [6, 6.07) is 14.7. The van der Waals surface area contributed by atoms with Crippen LogP contribution in [-0.4, -0.2) is 16.1 Å². The van der Waals surface area contributed by atoms with Crippen LogP contribution in [0.15, 0.2) is 58.2 Å². The Labute approximate surface area is 159 Å². The fourth-order valence-electron chi connectivity index (χ4n) is 2.09. The molecule has 134 valence electrons. The number of aromatic nitrogens is 2. The molecular formula is C18H16ClN3O3S. The van der Waals surface area contributed by atoms with Crippen molar-refractivity contribution < 1.29 is 13.9 Å². The third-order valence-electron chi connectivity index (χ3n) is 3.29.